The number of aromatic amines is 2. The van der Waals surface area contributed by atoms with Crippen molar-refractivity contribution in [1.82, 2.24) is 82.4 Å². The molecule has 11 amide bonds. The highest BCUT2D eigenvalue weighted by atomic mass is 32.2. The predicted molar refractivity (Wildman–Crippen MR) is 384 cm³/mol. The Hall–Kier alpha value is -10.6. The number of H-pyrrole nitrogens is 2. The maximum atomic E-state index is 14.5. The third-order valence-electron chi connectivity index (χ3n) is 17.1. The van der Waals surface area contributed by atoms with Gasteiger partial charge in [0, 0.05) is 124 Å². The van der Waals surface area contributed by atoms with Crippen LogP contribution in [0.2, 0.25) is 0 Å². The van der Waals surface area contributed by atoms with E-state index in [1.165, 1.54) is 43.3 Å². The summed E-state index contributed by atoms with van der Waals surface area (Å²) in [4.78, 5) is 213. The molecule has 6 unspecified atom stereocenters. The number of nitrogens with zero attached hydrogens (tertiary/aromatic N) is 6. The Morgan fingerprint density at radius 1 is 0.594 bits per heavy atom. The van der Waals surface area contributed by atoms with Crippen LogP contribution in [-0.2, 0) is 81.7 Å². The van der Waals surface area contributed by atoms with E-state index in [1.54, 1.807) is 63.9 Å². The predicted octanol–water partition coefficient (Wildman–Crippen LogP) is -3.27. The summed E-state index contributed by atoms with van der Waals surface area (Å²) < 4.78 is 0. The highest BCUT2D eigenvalue weighted by molar-refractivity contribution is 7.98. The van der Waals surface area contributed by atoms with Crippen LogP contribution < -0.4 is 59.3 Å². The van der Waals surface area contributed by atoms with Gasteiger partial charge >= 0.3 is 17.9 Å². The summed E-state index contributed by atoms with van der Waals surface area (Å²) in [7, 11) is 0. The number of rotatable bonds is 41. The minimum Gasteiger partial charge on any atom is -0.480 e. The van der Waals surface area contributed by atoms with E-state index in [-0.39, 0.29) is 108 Å². The van der Waals surface area contributed by atoms with Gasteiger partial charge in [-0.2, -0.15) is 11.8 Å². The summed E-state index contributed by atoms with van der Waals surface area (Å²) >= 11 is 1.44. The van der Waals surface area contributed by atoms with Gasteiger partial charge in [0.15, 0.2) is 0 Å². The van der Waals surface area contributed by atoms with Gasteiger partial charge in [-0.05, 0) is 73.8 Å². The molecule has 0 spiro atoms. The topological polar surface area (TPSA) is 561 Å². The van der Waals surface area contributed by atoms with Crippen molar-refractivity contribution < 1.29 is 87.4 Å². The van der Waals surface area contributed by atoms with E-state index in [4.69, 9.17) is 11.5 Å². The van der Waals surface area contributed by atoms with Crippen LogP contribution in [0.4, 0.5) is 5.69 Å². The number of hydrogen-bond donors (Lipinski definition) is 16. The zero-order valence-electron chi connectivity index (χ0n) is 59.9. The molecule has 38 nitrogen and oxygen atoms in total. The monoisotopic (exact) mass is 1500 g/mol. The van der Waals surface area contributed by atoms with Crippen LogP contribution in [0.15, 0.2) is 61.2 Å². The van der Waals surface area contributed by atoms with Gasteiger partial charge in [0.1, 0.15) is 42.3 Å². The van der Waals surface area contributed by atoms with Crippen molar-refractivity contribution in [3.8, 4) is 0 Å². The third-order valence-corrected chi connectivity index (χ3v) is 17.7. The highest BCUT2D eigenvalue weighted by Gasteiger charge is 2.35. The fourth-order valence-electron chi connectivity index (χ4n) is 11.4. The zero-order chi connectivity index (χ0) is 78.3. The fraction of sp³-hybridized carbons (Fsp3) is 0.537. The minimum atomic E-state index is -1.65. The number of amides is 11. The van der Waals surface area contributed by atoms with Gasteiger partial charge in [0.2, 0.25) is 59.1 Å². The van der Waals surface area contributed by atoms with Crippen LogP contribution in [0.5, 0.6) is 0 Å². The second-order valence-corrected chi connectivity index (χ2v) is 27.3. The molecule has 1 saturated heterocycles. The Balaban J connectivity index is 1.28. The second kappa shape index (κ2) is 43.0. The first-order valence-corrected chi connectivity index (χ1v) is 35.7. The van der Waals surface area contributed by atoms with Gasteiger partial charge in [0.25, 0.3) is 11.6 Å². The van der Waals surface area contributed by atoms with Crippen LogP contribution in [0.25, 0.3) is 10.9 Å². The van der Waals surface area contributed by atoms with Gasteiger partial charge < -0.3 is 84.6 Å². The number of nitro groups is 1. The summed E-state index contributed by atoms with van der Waals surface area (Å²) in [5, 5.41) is 65.1. The number of imidazole rings is 1. The van der Waals surface area contributed by atoms with Gasteiger partial charge in [-0.15, -0.1) is 0 Å². The lowest BCUT2D eigenvalue weighted by Crippen LogP contribution is -2.59. The van der Waals surface area contributed by atoms with Crippen molar-refractivity contribution in [2.24, 2.45) is 23.3 Å². The van der Waals surface area contributed by atoms with Crippen molar-refractivity contribution in [2.45, 2.75) is 122 Å². The normalized spacial score (nSPS) is 15.5. The van der Waals surface area contributed by atoms with Crippen LogP contribution in [0.3, 0.4) is 0 Å². The number of carboxylic acids is 3. The molecule has 0 radical (unpaired) electrons. The zero-order valence-corrected chi connectivity index (χ0v) is 60.8. The molecule has 18 N–H and O–H groups in total. The van der Waals surface area contributed by atoms with Crippen LogP contribution in [-0.4, -0.2) is 277 Å². The van der Waals surface area contributed by atoms with E-state index < -0.39 is 181 Å². The molecule has 0 saturated carbocycles. The number of aliphatic carboxylic acids is 3. The van der Waals surface area contributed by atoms with Crippen LogP contribution >= 0.6 is 11.8 Å². The average Bonchev–Trinajstić information content (AvgIpc) is 1.57. The molecule has 1 aliphatic rings. The number of para-hydroxylation sites is 1. The number of thioether (sulfide) groups is 1. The lowest BCUT2D eigenvalue weighted by molar-refractivity contribution is -0.385. The first-order chi connectivity index (χ1) is 50.2. The van der Waals surface area contributed by atoms with Crippen molar-refractivity contribution in [2.75, 3.05) is 97.1 Å². The second-order valence-electron chi connectivity index (χ2n) is 26.3. The molecule has 2 aromatic heterocycles. The van der Waals surface area contributed by atoms with Crippen molar-refractivity contribution in [1.29, 1.82) is 0 Å². The molecule has 0 bridgehead atoms. The Morgan fingerprint density at radius 2 is 1.14 bits per heavy atom. The minimum absolute atomic E-state index is 0.0659. The number of nitrogens with one attached hydrogen (secondary N) is 11. The fourth-order valence-corrected chi connectivity index (χ4v) is 11.8. The van der Waals surface area contributed by atoms with Gasteiger partial charge in [0.05, 0.1) is 44.0 Å². The molecular weight excluding hydrogens is 1410 g/mol. The molecule has 106 heavy (non-hydrogen) atoms. The summed E-state index contributed by atoms with van der Waals surface area (Å²) in [5.41, 5.74) is 11.6. The van der Waals surface area contributed by atoms with Gasteiger partial charge in [-0.3, -0.25) is 96.8 Å². The number of primary amides is 2. The maximum Gasteiger partial charge on any atom is 0.317 e. The highest BCUT2D eigenvalue weighted by Crippen LogP contribution is 2.23. The maximum absolute atomic E-state index is 14.5. The quantitative estimate of drug-likeness (QED) is 0.0153. The standard InChI is InChI=1S/C67H97N19O19S/c1-38(2)25-49(65(101)77-47(60(69)96)15-24-106-6)79-66(102)51(28-44-31-70-37-74-44)76-54(88)32-73-67(103)59(39(3)4)81-61(97)40(5)75-64(100)50(26-43-30-71-46-10-8-7-9-45(43)46)80-63(99)48(13-14-53(68)87)78-62(98)41-11-12-42(52(27-41)86(104)105)29-72-55(89)33-82-16-18-83(34-56(90)91)20-22-85(36-58(94)95)23-21-84(19-17-82)35-57(92)93/h7-12,27,30-31,37-40,47-51,59,71H,13-26,28-29,32-36H2,1-6H3,(H2,68,87)(H2,69,96)(H,70,74)(H,72,89)(H,73,103)(H,75,100)(H,76,88)(H,77,101)(H,78,98)(H,79,102)(H,80,99)(H,81,97)(H,90,91)(H,92,93)(H,94,95)/t40?,47?,48?,49?,50?,51-,59?/m0/s1. The molecular formula is C67H97N19O19S. The lowest BCUT2D eigenvalue weighted by atomic mass is 10.0. The molecule has 2 aromatic carbocycles. The molecule has 7 atom stereocenters. The molecule has 4 aromatic rings. The van der Waals surface area contributed by atoms with Crippen LogP contribution in [0.1, 0.15) is 87.5 Å². The number of aromatic nitrogens is 3. The number of nitro benzene ring substituents is 1. The van der Waals surface area contributed by atoms with Crippen molar-refractivity contribution >= 4 is 111 Å². The number of nitrogens with two attached hydrogens (primary N) is 2. The molecule has 1 fully saturated rings. The van der Waals surface area contributed by atoms with Gasteiger partial charge in [-0.1, -0.05) is 45.9 Å². The Labute approximate surface area is 614 Å². The first-order valence-electron chi connectivity index (χ1n) is 34.3. The van der Waals surface area contributed by atoms with Gasteiger partial charge in [-0.25, -0.2) is 4.98 Å². The third kappa shape index (κ3) is 29.5. The molecule has 1 aliphatic heterocycles. The summed E-state index contributed by atoms with van der Waals surface area (Å²) in [5.74, 6) is -13.0. The Kier molecular flexibility index (Phi) is 34.9. The van der Waals surface area contributed by atoms with E-state index >= 15 is 0 Å². The number of fused-ring (bicyclic) bond motifs is 1. The Morgan fingerprint density at radius 3 is 1.68 bits per heavy atom. The van der Waals surface area contributed by atoms with E-state index in [0.717, 1.165) is 6.07 Å². The van der Waals surface area contributed by atoms with Crippen LogP contribution in [0, 0.1) is 22.0 Å². The largest absolute Gasteiger partial charge is 0.480 e. The first kappa shape index (κ1) is 86.0. The van der Waals surface area contributed by atoms with E-state index in [2.05, 4.69) is 62.8 Å². The Bertz CT molecular complexity index is 3710. The summed E-state index contributed by atoms with van der Waals surface area (Å²) in [6.07, 6.45) is 5.26. The van der Waals surface area contributed by atoms with Crippen molar-refractivity contribution in [3.05, 3.63) is 93.7 Å². The molecule has 39 heteroatoms. The molecule has 580 valence electrons. The molecule has 0 aliphatic carbocycles. The molecule has 3 heterocycles. The van der Waals surface area contributed by atoms with E-state index in [9.17, 15) is 92.6 Å². The summed E-state index contributed by atoms with van der Waals surface area (Å²) in [6.45, 7) is 6.47. The average molecular weight is 1500 g/mol. The number of benzene rings is 2. The van der Waals surface area contributed by atoms with E-state index in [0.29, 0.717) is 27.9 Å². The van der Waals surface area contributed by atoms with E-state index in [1.807, 2.05) is 20.1 Å². The number of carboxylic acid groups (broad SMARTS) is 3. The number of carbonyl (C=O) groups excluding carboxylic acids is 11. The summed E-state index contributed by atoms with van der Waals surface area (Å²) in [6, 6.07) is 0.793. The lowest BCUT2D eigenvalue weighted by Gasteiger charge is -2.32. The van der Waals surface area contributed by atoms with Crippen molar-refractivity contribution in [3.63, 3.8) is 0 Å². The number of hydrogen-bond acceptors (Lipinski definition) is 22. The molecule has 5 rings (SSSR count). The smallest absolute Gasteiger partial charge is 0.317 e. The SMILES string of the molecule is CSCCC(NC(=O)C(CC(C)C)NC(=O)[C@H](Cc1cnc[nH]1)NC(=O)CNC(=O)C(NC(=O)C(C)NC(=O)C(Cc1c[nH]c2ccccc12)NC(=O)C(CCC(N)=O)NC(=O)c1ccc(CNC(=O)CN2CCN(CC(=O)O)CCN(CC(=O)O)CCN(CC(=O)O)CC2)c([N+](=O)[O-])c1)C(C)C)C(N)=O. The number of carbonyl (C=O) groups is 14.